The highest BCUT2D eigenvalue weighted by Gasteiger charge is 2.39. The normalized spacial score (nSPS) is 13.5. The molecule has 9 heteroatoms. The highest BCUT2D eigenvalue weighted by atomic mass is 19.1. The van der Waals surface area contributed by atoms with Crippen molar-refractivity contribution < 1.29 is 23.6 Å². The molecule has 0 radical (unpaired) electrons. The van der Waals surface area contributed by atoms with E-state index in [9.17, 15) is 24.1 Å². The molecule has 0 bridgehead atoms. The van der Waals surface area contributed by atoms with Gasteiger partial charge in [0, 0.05) is 23.9 Å². The van der Waals surface area contributed by atoms with Crippen LogP contribution >= 0.6 is 0 Å². The van der Waals surface area contributed by atoms with Gasteiger partial charge in [-0.05, 0) is 47.5 Å². The molecule has 3 aromatic rings. The second-order valence-corrected chi connectivity index (χ2v) is 7.23. The van der Waals surface area contributed by atoms with Crippen LogP contribution in [0.2, 0.25) is 0 Å². The third-order valence-electron chi connectivity index (χ3n) is 5.13. The van der Waals surface area contributed by atoms with Crippen molar-refractivity contribution in [3.8, 4) is 5.75 Å². The van der Waals surface area contributed by atoms with Crippen LogP contribution in [0.25, 0.3) is 5.57 Å². The summed E-state index contributed by atoms with van der Waals surface area (Å²) in [5, 5.41) is 14.0. The van der Waals surface area contributed by atoms with E-state index in [1.165, 1.54) is 55.6 Å². The maximum Gasteiger partial charge on any atom is 0.278 e. The molecule has 166 valence electrons. The van der Waals surface area contributed by atoms with Gasteiger partial charge in [-0.25, -0.2) is 4.39 Å². The molecule has 0 aromatic heterocycles. The number of carbonyl (C=O) groups excluding carboxylic acids is 2. The van der Waals surface area contributed by atoms with Crippen LogP contribution in [0.5, 0.6) is 5.75 Å². The number of imide groups is 1. The third kappa shape index (κ3) is 4.42. The standard InChI is InChI=1S/C24H18FN3O5/c1-33-20-4-2-3-18(13-20)26-22-21(16-7-11-19(12-8-16)28(31)32)23(29)27(24(22)30)14-15-5-9-17(25)10-6-15/h2-13,26H,14H2,1H3. The summed E-state index contributed by atoms with van der Waals surface area (Å²) in [4.78, 5) is 38.1. The van der Waals surface area contributed by atoms with Crippen LogP contribution in [0.15, 0.2) is 78.5 Å². The summed E-state index contributed by atoms with van der Waals surface area (Å²) >= 11 is 0. The van der Waals surface area contributed by atoms with Crippen molar-refractivity contribution in [3.63, 3.8) is 0 Å². The Morgan fingerprint density at radius 1 is 1.00 bits per heavy atom. The molecule has 0 saturated heterocycles. The van der Waals surface area contributed by atoms with Crippen LogP contribution in [0.1, 0.15) is 11.1 Å². The lowest BCUT2D eigenvalue weighted by molar-refractivity contribution is -0.384. The van der Waals surface area contributed by atoms with E-state index < -0.39 is 22.6 Å². The van der Waals surface area contributed by atoms with Crippen LogP contribution in [-0.4, -0.2) is 28.7 Å². The minimum absolute atomic E-state index is 0.0317. The van der Waals surface area contributed by atoms with Crippen LogP contribution in [0, 0.1) is 15.9 Å². The molecule has 0 unspecified atom stereocenters. The van der Waals surface area contributed by atoms with Crippen molar-refractivity contribution >= 4 is 28.8 Å². The first-order valence-electron chi connectivity index (χ1n) is 9.88. The molecule has 0 aliphatic carbocycles. The molecule has 1 aliphatic rings. The molecular formula is C24H18FN3O5. The highest BCUT2D eigenvalue weighted by molar-refractivity contribution is 6.36. The number of methoxy groups -OCH3 is 1. The lowest BCUT2D eigenvalue weighted by atomic mass is 10.0. The SMILES string of the molecule is COc1cccc(NC2=C(c3ccc([N+](=O)[O-])cc3)C(=O)N(Cc3ccc(F)cc3)C2=O)c1. The van der Waals surface area contributed by atoms with Gasteiger partial charge in [-0.3, -0.25) is 24.6 Å². The largest absolute Gasteiger partial charge is 0.497 e. The van der Waals surface area contributed by atoms with Crippen molar-refractivity contribution in [3.05, 3.63) is 106 Å². The summed E-state index contributed by atoms with van der Waals surface area (Å²) in [5.74, 6) is -1.01. The molecule has 0 fully saturated rings. The summed E-state index contributed by atoms with van der Waals surface area (Å²) in [6, 6.07) is 17.7. The van der Waals surface area contributed by atoms with Gasteiger partial charge in [0.25, 0.3) is 17.5 Å². The van der Waals surface area contributed by atoms with E-state index in [0.717, 1.165) is 4.90 Å². The Hall–Kier alpha value is -4.53. The summed E-state index contributed by atoms with van der Waals surface area (Å²) in [6.45, 7) is -0.0578. The Morgan fingerprint density at radius 3 is 2.33 bits per heavy atom. The molecule has 8 nitrogen and oxygen atoms in total. The fourth-order valence-electron chi connectivity index (χ4n) is 3.47. The Morgan fingerprint density at radius 2 is 1.70 bits per heavy atom. The minimum atomic E-state index is -0.569. The van der Waals surface area contributed by atoms with Crippen molar-refractivity contribution in [1.29, 1.82) is 0 Å². The molecule has 0 atom stereocenters. The fraction of sp³-hybridized carbons (Fsp3) is 0.0833. The molecule has 0 saturated carbocycles. The van der Waals surface area contributed by atoms with E-state index in [1.54, 1.807) is 24.3 Å². The fourth-order valence-corrected chi connectivity index (χ4v) is 3.47. The molecule has 1 aliphatic heterocycles. The van der Waals surface area contributed by atoms with Gasteiger partial charge in [0.1, 0.15) is 17.3 Å². The predicted molar refractivity (Wildman–Crippen MR) is 119 cm³/mol. The summed E-state index contributed by atoms with van der Waals surface area (Å²) < 4.78 is 18.5. The number of hydrogen-bond donors (Lipinski definition) is 1. The van der Waals surface area contributed by atoms with Crippen molar-refractivity contribution in [2.75, 3.05) is 12.4 Å². The zero-order chi connectivity index (χ0) is 23.5. The lowest BCUT2D eigenvalue weighted by Gasteiger charge is -2.15. The number of halogens is 1. The van der Waals surface area contributed by atoms with Crippen LogP contribution in [-0.2, 0) is 16.1 Å². The topological polar surface area (TPSA) is 102 Å². The number of ether oxygens (including phenoxy) is 1. The van der Waals surface area contributed by atoms with Crippen LogP contribution < -0.4 is 10.1 Å². The van der Waals surface area contributed by atoms with E-state index in [-0.39, 0.29) is 23.5 Å². The van der Waals surface area contributed by atoms with E-state index in [0.29, 0.717) is 22.6 Å². The van der Waals surface area contributed by atoms with Gasteiger partial charge in [-0.1, -0.05) is 18.2 Å². The van der Waals surface area contributed by atoms with E-state index in [1.807, 2.05) is 0 Å². The summed E-state index contributed by atoms with van der Waals surface area (Å²) in [7, 11) is 1.51. The number of nitrogens with zero attached hydrogens (tertiary/aromatic N) is 2. The molecule has 1 heterocycles. The zero-order valence-corrected chi connectivity index (χ0v) is 17.4. The average molecular weight is 447 g/mol. The number of hydrogen-bond acceptors (Lipinski definition) is 6. The zero-order valence-electron chi connectivity index (χ0n) is 17.4. The molecule has 1 N–H and O–H groups in total. The maximum absolute atomic E-state index is 13.3. The van der Waals surface area contributed by atoms with E-state index in [4.69, 9.17) is 4.74 Å². The summed E-state index contributed by atoms with van der Waals surface area (Å²) in [6.07, 6.45) is 0. The van der Waals surface area contributed by atoms with Gasteiger partial charge in [0.15, 0.2) is 0 Å². The van der Waals surface area contributed by atoms with E-state index >= 15 is 0 Å². The number of amides is 2. The molecular weight excluding hydrogens is 429 g/mol. The number of carbonyl (C=O) groups is 2. The molecule has 0 spiro atoms. The third-order valence-corrected chi connectivity index (χ3v) is 5.13. The molecule has 33 heavy (non-hydrogen) atoms. The van der Waals surface area contributed by atoms with Gasteiger partial charge >= 0.3 is 0 Å². The quantitative estimate of drug-likeness (QED) is 0.332. The number of nitro groups is 1. The second kappa shape index (κ2) is 8.91. The number of nitro benzene ring substituents is 1. The van der Waals surface area contributed by atoms with Gasteiger partial charge in [0.05, 0.1) is 24.2 Å². The Kier molecular flexibility index (Phi) is 5.86. The predicted octanol–water partition coefficient (Wildman–Crippen LogP) is 4.13. The van der Waals surface area contributed by atoms with Crippen LogP contribution in [0.4, 0.5) is 15.8 Å². The van der Waals surface area contributed by atoms with Gasteiger partial charge in [-0.15, -0.1) is 0 Å². The first kappa shape index (κ1) is 21.7. The number of rotatable bonds is 7. The van der Waals surface area contributed by atoms with Crippen molar-refractivity contribution in [2.24, 2.45) is 0 Å². The Bertz CT molecular complexity index is 1270. The van der Waals surface area contributed by atoms with Gasteiger partial charge in [0.2, 0.25) is 0 Å². The van der Waals surface area contributed by atoms with Crippen molar-refractivity contribution in [1.82, 2.24) is 4.90 Å². The van der Waals surface area contributed by atoms with Crippen LogP contribution in [0.3, 0.4) is 0 Å². The number of benzene rings is 3. The number of non-ortho nitro benzene ring substituents is 1. The molecule has 2 amide bonds. The minimum Gasteiger partial charge on any atom is -0.497 e. The smallest absolute Gasteiger partial charge is 0.278 e. The first-order chi connectivity index (χ1) is 15.9. The first-order valence-corrected chi connectivity index (χ1v) is 9.88. The highest BCUT2D eigenvalue weighted by Crippen LogP contribution is 2.33. The van der Waals surface area contributed by atoms with Gasteiger partial charge in [-0.2, -0.15) is 0 Å². The van der Waals surface area contributed by atoms with Gasteiger partial charge < -0.3 is 10.1 Å². The molecule has 4 rings (SSSR count). The molecule has 3 aromatic carbocycles. The number of anilines is 1. The summed E-state index contributed by atoms with van der Waals surface area (Å²) in [5.41, 5.74) is 1.42. The lowest BCUT2D eigenvalue weighted by Crippen LogP contribution is -2.32. The number of nitrogens with one attached hydrogen (secondary N) is 1. The second-order valence-electron chi connectivity index (χ2n) is 7.23. The van der Waals surface area contributed by atoms with Crippen molar-refractivity contribution in [2.45, 2.75) is 6.54 Å². The Balaban J connectivity index is 1.74. The monoisotopic (exact) mass is 447 g/mol. The Labute approximate surface area is 188 Å². The maximum atomic E-state index is 13.3. The van der Waals surface area contributed by atoms with E-state index in [2.05, 4.69) is 5.32 Å². The average Bonchev–Trinajstić information content (AvgIpc) is 3.04.